The summed E-state index contributed by atoms with van der Waals surface area (Å²) >= 11 is 0. The summed E-state index contributed by atoms with van der Waals surface area (Å²) in [6, 6.07) is 4.01. The zero-order valence-electron chi connectivity index (χ0n) is 12.6. The third kappa shape index (κ3) is 3.23. The second-order valence-corrected chi connectivity index (χ2v) is 5.92. The summed E-state index contributed by atoms with van der Waals surface area (Å²) in [6.07, 6.45) is 1.81. The summed E-state index contributed by atoms with van der Waals surface area (Å²) in [5.74, 6) is -1.65. The number of ether oxygens (including phenoxy) is 1. The van der Waals surface area contributed by atoms with Crippen molar-refractivity contribution in [2.45, 2.75) is 25.3 Å². The van der Waals surface area contributed by atoms with Crippen LogP contribution in [0.15, 0.2) is 18.2 Å². The molecule has 6 nitrogen and oxygen atoms in total. The molecule has 0 aromatic heterocycles. The Balaban J connectivity index is 1.69. The first-order chi connectivity index (χ1) is 11.1. The van der Waals surface area contributed by atoms with Crippen molar-refractivity contribution in [3.63, 3.8) is 0 Å². The van der Waals surface area contributed by atoms with Crippen molar-refractivity contribution < 1.29 is 23.8 Å². The maximum Gasteiger partial charge on any atom is 0.317 e. The first-order valence-electron chi connectivity index (χ1n) is 7.75. The minimum atomic E-state index is -0.874. The number of urea groups is 1. The highest BCUT2D eigenvalue weighted by molar-refractivity contribution is 5.77. The first kappa shape index (κ1) is 15.6. The molecule has 3 rings (SSSR count). The molecule has 0 aliphatic carbocycles. The van der Waals surface area contributed by atoms with E-state index in [0.29, 0.717) is 38.0 Å². The van der Waals surface area contributed by atoms with Crippen molar-refractivity contribution in [1.29, 1.82) is 0 Å². The number of para-hydroxylation sites is 1. The second-order valence-electron chi connectivity index (χ2n) is 5.92. The van der Waals surface area contributed by atoms with Crippen LogP contribution in [0.5, 0.6) is 5.75 Å². The van der Waals surface area contributed by atoms with E-state index in [4.69, 9.17) is 9.84 Å². The lowest BCUT2D eigenvalue weighted by atomic mass is 9.98. The molecule has 1 saturated heterocycles. The van der Waals surface area contributed by atoms with Crippen molar-refractivity contribution >= 4 is 12.0 Å². The Bertz CT molecular complexity index is 622. The van der Waals surface area contributed by atoms with Gasteiger partial charge in [-0.2, -0.15) is 0 Å². The second kappa shape index (κ2) is 6.44. The fourth-order valence-corrected chi connectivity index (χ4v) is 3.14. The van der Waals surface area contributed by atoms with Crippen LogP contribution in [0.3, 0.4) is 0 Å². The van der Waals surface area contributed by atoms with E-state index < -0.39 is 17.7 Å². The predicted octanol–water partition coefficient (Wildman–Crippen LogP) is 2.16. The monoisotopic (exact) mass is 322 g/mol. The van der Waals surface area contributed by atoms with Crippen LogP contribution in [-0.4, -0.2) is 41.7 Å². The average molecular weight is 322 g/mol. The van der Waals surface area contributed by atoms with Gasteiger partial charge < -0.3 is 20.1 Å². The molecule has 1 unspecified atom stereocenters. The van der Waals surface area contributed by atoms with E-state index in [1.54, 1.807) is 12.1 Å². The van der Waals surface area contributed by atoms with Gasteiger partial charge in [-0.15, -0.1) is 0 Å². The van der Waals surface area contributed by atoms with Crippen molar-refractivity contribution in [2.24, 2.45) is 5.92 Å². The average Bonchev–Trinajstić information content (AvgIpc) is 2.56. The number of benzene rings is 1. The largest absolute Gasteiger partial charge is 0.490 e. The Hall–Kier alpha value is -2.31. The number of hydrogen-bond donors (Lipinski definition) is 2. The van der Waals surface area contributed by atoms with Gasteiger partial charge in [-0.05, 0) is 18.9 Å². The number of carbonyl (C=O) groups excluding carboxylic acids is 1. The number of nitrogens with one attached hydrogen (secondary N) is 1. The number of nitrogens with zero attached hydrogens (tertiary/aromatic N) is 1. The van der Waals surface area contributed by atoms with Gasteiger partial charge in [0.2, 0.25) is 0 Å². The molecule has 1 aromatic carbocycles. The Kier molecular flexibility index (Phi) is 4.36. The maximum atomic E-state index is 13.8. The van der Waals surface area contributed by atoms with Crippen LogP contribution in [0.25, 0.3) is 0 Å². The standard InChI is InChI=1S/C16H19FN2O4/c17-12-5-1-4-11-13(6-8-23-14(11)12)18-16(22)19-7-2-3-10(9-19)15(20)21/h1,4-5,10,13H,2-3,6-9H2,(H,18,22)(H,20,21)/t10?,13-/m0/s1. The van der Waals surface area contributed by atoms with Crippen LogP contribution >= 0.6 is 0 Å². The van der Waals surface area contributed by atoms with E-state index in [-0.39, 0.29) is 24.4 Å². The van der Waals surface area contributed by atoms with Gasteiger partial charge in [0.1, 0.15) is 0 Å². The molecule has 0 saturated carbocycles. The highest BCUT2D eigenvalue weighted by Crippen LogP contribution is 2.34. The maximum absolute atomic E-state index is 13.8. The SMILES string of the molecule is O=C(O)C1CCCN(C(=O)N[C@H]2CCOc3c(F)cccc32)C1. The van der Waals surface area contributed by atoms with Gasteiger partial charge in [-0.3, -0.25) is 4.79 Å². The normalized spacial score (nSPS) is 23.6. The van der Waals surface area contributed by atoms with Gasteiger partial charge in [0.15, 0.2) is 11.6 Å². The van der Waals surface area contributed by atoms with Gasteiger partial charge in [-0.25, -0.2) is 9.18 Å². The highest BCUT2D eigenvalue weighted by Gasteiger charge is 2.31. The Morgan fingerprint density at radius 1 is 1.35 bits per heavy atom. The number of rotatable bonds is 2. The number of fused-ring (bicyclic) bond motifs is 1. The van der Waals surface area contributed by atoms with Gasteiger partial charge >= 0.3 is 12.0 Å². The summed E-state index contributed by atoms with van der Waals surface area (Å²) in [4.78, 5) is 25.0. The lowest BCUT2D eigenvalue weighted by molar-refractivity contribution is -0.143. The number of hydrogen-bond acceptors (Lipinski definition) is 3. The molecule has 1 fully saturated rings. The molecule has 0 radical (unpaired) electrons. The molecular formula is C16H19FN2O4. The summed E-state index contributed by atoms with van der Waals surface area (Å²) in [5.41, 5.74) is 0.622. The summed E-state index contributed by atoms with van der Waals surface area (Å²) in [6.45, 7) is 1.08. The zero-order chi connectivity index (χ0) is 16.4. The van der Waals surface area contributed by atoms with Crippen molar-refractivity contribution in [1.82, 2.24) is 10.2 Å². The number of aliphatic carboxylic acids is 1. The molecule has 2 amide bonds. The van der Waals surface area contributed by atoms with Crippen molar-refractivity contribution in [2.75, 3.05) is 19.7 Å². The molecule has 124 valence electrons. The van der Waals surface area contributed by atoms with Crippen LogP contribution in [-0.2, 0) is 4.79 Å². The summed E-state index contributed by atoms with van der Waals surface area (Å²) in [7, 11) is 0. The smallest absolute Gasteiger partial charge is 0.317 e. The van der Waals surface area contributed by atoms with Crippen molar-refractivity contribution in [3.05, 3.63) is 29.6 Å². The molecule has 2 aliphatic rings. The van der Waals surface area contributed by atoms with Crippen LogP contribution in [0, 0.1) is 11.7 Å². The number of carboxylic acids is 1. The van der Waals surface area contributed by atoms with Gasteiger partial charge in [0.25, 0.3) is 0 Å². The Morgan fingerprint density at radius 2 is 2.17 bits per heavy atom. The van der Waals surface area contributed by atoms with E-state index in [9.17, 15) is 14.0 Å². The lowest BCUT2D eigenvalue weighted by Crippen LogP contribution is -2.48. The zero-order valence-corrected chi connectivity index (χ0v) is 12.6. The Morgan fingerprint density at radius 3 is 2.96 bits per heavy atom. The molecule has 2 N–H and O–H groups in total. The highest BCUT2D eigenvalue weighted by atomic mass is 19.1. The van der Waals surface area contributed by atoms with Crippen LogP contribution < -0.4 is 10.1 Å². The quantitative estimate of drug-likeness (QED) is 0.874. The fraction of sp³-hybridized carbons (Fsp3) is 0.500. The molecule has 2 heterocycles. The third-order valence-electron chi connectivity index (χ3n) is 4.38. The first-order valence-corrected chi connectivity index (χ1v) is 7.75. The van der Waals surface area contributed by atoms with Gasteiger partial charge in [0, 0.05) is 25.1 Å². The predicted molar refractivity (Wildman–Crippen MR) is 79.7 cm³/mol. The molecule has 2 aliphatic heterocycles. The topological polar surface area (TPSA) is 78.9 Å². The number of carbonyl (C=O) groups is 2. The van der Waals surface area contributed by atoms with E-state index in [1.807, 2.05) is 0 Å². The molecular weight excluding hydrogens is 303 g/mol. The lowest BCUT2D eigenvalue weighted by Gasteiger charge is -2.33. The number of carboxylic acid groups (broad SMARTS) is 1. The van der Waals surface area contributed by atoms with E-state index in [1.165, 1.54) is 11.0 Å². The molecule has 0 bridgehead atoms. The third-order valence-corrected chi connectivity index (χ3v) is 4.38. The van der Waals surface area contributed by atoms with E-state index in [0.717, 1.165) is 0 Å². The van der Waals surface area contributed by atoms with Gasteiger partial charge in [-0.1, -0.05) is 12.1 Å². The number of piperidine rings is 1. The molecule has 0 spiro atoms. The van der Waals surface area contributed by atoms with Crippen molar-refractivity contribution in [3.8, 4) is 5.75 Å². The van der Waals surface area contributed by atoms with Crippen LogP contribution in [0.2, 0.25) is 0 Å². The molecule has 7 heteroatoms. The van der Waals surface area contributed by atoms with E-state index >= 15 is 0 Å². The number of halogens is 1. The Labute approximate surface area is 133 Å². The minimum absolute atomic E-state index is 0.186. The molecule has 2 atom stereocenters. The van der Waals surface area contributed by atoms with Crippen LogP contribution in [0.1, 0.15) is 30.9 Å². The number of amides is 2. The fourth-order valence-electron chi connectivity index (χ4n) is 3.14. The minimum Gasteiger partial charge on any atom is -0.490 e. The number of likely N-dealkylation sites (tertiary alicyclic amines) is 1. The van der Waals surface area contributed by atoms with Crippen LogP contribution in [0.4, 0.5) is 9.18 Å². The summed E-state index contributed by atoms with van der Waals surface area (Å²) < 4.78 is 19.1. The van der Waals surface area contributed by atoms with Gasteiger partial charge in [0.05, 0.1) is 18.6 Å². The molecule has 1 aromatic rings. The summed E-state index contributed by atoms with van der Waals surface area (Å²) in [5, 5.41) is 12.0. The molecule has 23 heavy (non-hydrogen) atoms. The van der Waals surface area contributed by atoms with E-state index in [2.05, 4.69) is 5.32 Å².